The molecule has 2 nitrogen and oxygen atoms in total. The molecule has 1 aliphatic heterocycles. The molecule has 0 saturated heterocycles. The number of thiol groups is 1. The zero-order chi connectivity index (χ0) is 4.41. The highest BCUT2D eigenvalue weighted by molar-refractivity contribution is 7.77. The highest BCUT2D eigenvalue weighted by Crippen LogP contribution is 2.01. The third kappa shape index (κ3) is 0.666. The molecule has 34 valence electrons. The van der Waals surface area contributed by atoms with Crippen LogP contribution in [0.15, 0.2) is 12.3 Å². The van der Waals surface area contributed by atoms with Gasteiger partial charge in [-0.05, 0) is 18.9 Å². The van der Waals surface area contributed by atoms with Gasteiger partial charge in [-0.3, -0.25) is 4.84 Å². The first-order valence-corrected chi connectivity index (χ1v) is 2.07. The molecule has 0 atom stereocenters. The lowest BCUT2D eigenvalue weighted by atomic mass is 10.7. The van der Waals surface area contributed by atoms with Gasteiger partial charge in [0.25, 0.3) is 0 Å². The molecule has 0 N–H and O–H groups in total. The Hall–Kier alpha value is -0.150. The highest BCUT2D eigenvalue weighted by atomic mass is 32.1. The fraction of sp³-hybridized carbons (Fsp3) is 0.333. The summed E-state index contributed by atoms with van der Waals surface area (Å²) in [4.78, 5) is 4.74. The second-order valence-corrected chi connectivity index (χ2v) is 1.38. The topological polar surface area (TPSA) is 12.5 Å². The van der Waals surface area contributed by atoms with E-state index in [0.717, 1.165) is 0 Å². The smallest absolute Gasteiger partial charge is 0.0959 e. The molecule has 0 saturated carbocycles. The number of hydrogen-bond acceptors (Lipinski definition) is 3. The Morgan fingerprint density at radius 2 is 2.67 bits per heavy atom. The number of nitrogens with zero attached hydrogens (tertiary/aromatic N) is 1. The van der Waals surface area contributed by atoms with Gasteiger partial charge in [0, 0.05) is 6.20 Å². The van der Waals surface area contributed by atoms with E-state index in [1.54, 1.807) is 6.20 Å². The van der Waals surface area contributed by atoms with E-state index >= 15 is 0 Å². The van der Waals surface area contributed by atoms with E-state index in [-0.39, 0.29) is 0 Å². The van der Waals surface area contributed by atoms with E-state index in [1.165, 1.54) is 4.47 Å². The van der Waals surface area contributed by atoms with Gasteiger partial charge in [0.05, 0.1) is 6.61 Å². The largest absolute Gasteiger partial charge is 0.259 e. The summed E-state index contributed by atoms with van der Waals surface area (Å²) in [6.45, 7) is 0.656. The first kappa shape index (κ1) is 4.02. The van der Waals surface area contributed by atoms with Gasteiger partial charge in [-0.1, -0.05) is 0 Å². The Labute approximate surface area is 41.9 Å². The first-order valence-electron chi connectivity index (χ1n) is 1.67. The van der Waals surface area contributed by atoms with Gasteiger partial charge in [-0.25, -0.2) is 4.47 Å². The lowest BCUT2D eigenvalue weighted by molar-refractivity contribution is 0.00196. The second kappa shape index (κ2) is 1.53. The summed E-state index contributed by atoms with van der Waals surface area (Å²) >= 11 is 3.82. The summed E-state index contributed by atoms with van der Waals surface area (Å²) in [6.07, 6.45) is 3.64. The molecule has 1 heterocycles. The molecule has 0 radical (unpaired) electrons. The Morgan fingerprint density at radius 3 is 2.83 bits per heavy atom. The second-order valence-electron chi connectivity index (χ2n) is 0.983. The Kier molecular flexibility index (Phi) is 1.03. The molecule has 6 heavy (non-hydrogen) atoms. The van der Waals surface area contributed by atoms with Crippen LogP contribution in [0.1, 0.15) is 0 Å². The van der Waals surface area contributed by atoms with Gasteiger partial charge < -0.3 is 0 Å². The fourth-order valence-electron chi connectivity index (χ4n) is 0.296. The molecule has 0 aromatic heterocycles. The average molecular weight is 103 g/mol. The lowest BCUT2D eigenvalue weighted by Crippen LogP contribution is -1.95. The van der Waals surface area contributed by atoms with Crippen LogP contribution in [-0.4, -0.2) is 11.1 Å². The van der Waals surface area contributed by atoms with Gasteiger partial charge in [0.15, 0.2) is 0 Å². The van der Waals surface area contributed by atoms with E-state index in [2.05, 4.69) is 12.8 Å². The third-order valence-electron chi connectivity index (χ3n) is 0.536. The van der Waals surface area contributed by atoms with Crippen molar-refractivity contribution in [1.29, 1.82) is 0 Å². The number of hydroxylamine groups is 1. The third-order valence-corrected chi connectivity index (χ3v) is 0.785. The van der Waals surface area contributed by atoms with Crippen LogP contribution in [0, 0.1) is 0 Å². The molecule has 0 aliphatic carbocycles. The van der Waals surface area contributed by atoms with E-state index in [9.17, 15) is 0 Å². The molecular formula is C3H5NOS. The van der Waals surface area contributed by atoms with Crippen molar-refractivity contribution in [1.82, 2.24) is 4.47 Å². The van der Waals surface area contributed by atoms with Crippen molar-refractivity contribution in [3.8, 4) is 0 Å². The molecule has 1 aliphatic rings. The van der Waals surface area contributed by atoms with Gasteiger partial charge in [0.1, 0.15) is 0 Å². The maximum Gasteiger partial charge on any atom is 0.0959 e. The summed E-state index contributed by atoms with van der Waals surface area (Å²) in [7, 11) is 0. The minimum Gasteiger partial charge on any atom is -0.259 e. The average Bonchev–Trinajstić information content (AvgIpc) is 1.86. The standard InChI is InChI=1S/C3H5NOS/c6-4-2-1-3-5-4/h1-2,6H,3H2. The Balaban J connectivity index is 2.38. The van der Waals surface area contributed by atoms with Gasteiger partial charge >= 0.3 is 0 Å². The summed E-state index contributed by atoms with van der Waals surface area (Å²) in [5, 5.41) is 0. The Bertz CT molecular complexity index is 73.2. The van der Waals surface area contributed by atoms with Crippen molar-refractivity contribution in [2.75, 3.05) is 6.61 Å². The zero-order valence-corrected chi connectivity index (χ0v) is 4.06. The van der Waals surface area contributed by atoms with Crippen LogP contribution < -0.4 is 0 Å². The summed E-state index contributed by atoms with van der Waals surface area (Å²) in [6, 6.07) is 0. The van der Waals surface area contributed by atoms with Crippen molar-refractivity contribution in [3.05, 3.63) is 12.3 Å². The molecule has 0 unspecified atom stereocenters. The molecule has 0 amide bonds. The van der Waals surface area contributed by atoms with Crippen molar-refractivity contribution in [3.63, 3.8) is 0 Å². The van der Waals surface area contributed by atoms with E-state index in [0.29, 0.717) is 6.61 Å². The number of hydrogen-bond donors (Lipinski definition) is 1. The van der Waals surface area contributed by atoms with Crippen molar-refractivity contribution in [2.45, 2.75) is 0 Å². The van der Waals surface area contributed by atoms with Gasteiger partial charge in [-0.15, -0.1) is 0 Å². The van der Waals surface area contributed by atoms with Crippen molar-refractivity contribution >= 4 is 12.8 Å². The van der Waals surface area contributed by atoms with Crippen LogP contribution in [-0.2, 0) is 4.84 Å². The van der Waals surface area contributed by atoms with Crippen LogP contribution in [0.2, 0.25) is 0 Å². The van der Waals surface area contributed by atoms with E-state index < -0.39 is 0 Å². The maximum atomic E-state index is 4.74. The first-order chi connectivity index (χ1) is 2.89. The minimum atomic E-state index is 0.656. The fourth-order valence-corrected chi connectivity index (χ4v) is 0.457. The highest BCUT2D eigenvalue weighted by Gasteiger charge is 1.94. The quantitative estimate of drug-likeness (QED) is 0.450. The molecule has 0 aromatic rings. The maximum absolute atomic E-state index is 4.74. The monoisotopic (exact) mass is 103 g/mol. The zero-order valence-electron chi connectivity index (χ0n) is 3.16. The predicted molar refractivity (Wildman–Crippen MR) is 25.9 cm³/mol. The van der Waals surface area contributed by atoms with Crippen molar-refractivity contribution in [2.24, 2.45) is 0 Å². The molecule has 0 bridgehead atoms. The summed E-state index contributed by atoms with van der Waals surface area (Å²) in [5.74, 6) is 0. The molecule has 3 heteroatoms. The minimum absolute atomic E-state index is 0.656. The normalized spacial score (nSPS) is 19.8. The van der Waals surface area contributed by atoms with Crippen molar-refractivity contribution < 1.29 is 4.84 Å². The van der Waals surface area contributed by atoms with Crippen LogP contribution in [0.5, 0.6) is 0 Å². The summed E-state index contributed by atoms with van der Waals surface area (Å²) in [5.41, 5.74) is 0. The van der Waals surface area contributed by atoms with Crippen LogP contribution in [0.3, 0.4) is 0 Å². The molecule has 0 fully saturated rings. The predicted octanol–water partition coefficient (Wildman–Crippen LogP) is 0.592. The SMILES string of the molecule is SN1C=CCO1. The lowest BCUT2D eigenvalue weighted by Gasteiger charge is -2.00. The van der Waals surface area contributed by atoms with E-state index in [1.807, 2.05) is 6.08 Å². The molecule has 1 rings (SSSR count). The molecule has 0 aromatic carbocycles. The Morgan fingerprint density at radius 1 is 1.83 bits per heavy atom. The van der Waals surface area contributed by atoms with Crippen LogP contribution in [0.25, 0.3) is 0 Å². The summed E-state index contributed by atoms with van der Waals surface area (Å²) < 4.78 is 1.38. The van der Waals surface area contributed by atoms with Crippen LogP contribution >= 0.6 is 12.8 Å². The molecule has 0 spiro atoms. The number of rotatable bonds is 0. The van der Waals surface area contributed by atoms with Crippen LogP contribution in [0.4, 0.5) is 0 Å². The van der Waals surface area contributed by atoms with Gasteiger partial charge in [-0.2, -0.15) is 0 Å². The molecular weight excluding hydrogens is 98.1 g/mol. The van der Waals surface area contributed by atoms with Gasteiger partial charge in [0.2, 0.25) is 0 Å². The van der Waals surface area contributed by atoms with E-state index in [4.69, 9.17) is 4.84 Å².